The van der Waals surface area contributed by atoms with Crippen molar-refractivity contribution in [1.82, 2.24) is 5.32 Å². The van der Waals surface area contributed by atoms with Crippen molar-refractivity contribution in [3.63, 3.8) is 0 Å². The molecule has 1 amide bonds. The van der Waals surface area contributed by atoms with Crippen LogP contribution in [-0.2, 0) is 14.3 Å². The number of Topliss-reactive ketones (excluding diaryl/α,β-unsaturated/α-hetero) is 1. The molecule has 0 aromatic rings. The standard InChI is InChI=1S/C14H19F2NO3/c1-3-20-8-11(18)7-13(19)17-9-14(2)5-4-10(15)6-12(14)16/h4,6H,3,5,7-9H2,1-2H3,(H,17,19). The van der Waals surface area contributed by atoms with Gasteiger partial charge in [0.1, 0.15) is 18.3 Å². The summed E-state index contributed by atoms with van der Waals surface area (Å²) in [6.07, 6.45) is 1.95. The first kappa shape index (κ1) is 16.5. The third kappa shape index (κ3) is 4.85. The largest absolute Gasteiger partial charge is 0.374 e. The van der Waals surface area contributed by atoms with Crippen molar-refractivity contribution in [3.05, 3.63) is 23.8 Å². The van der Waals surface area contributed by atoms with E-state index in [9.17, 15) is 18.4 Å². The van der Waals surface area contributed by atoms with Crippen molar-refractivity contribution >= 4 is 11.7 Å². The number of halogens is 2. The molecule has 0 aliphatic heterocycles. The second-order valence-corrected chi connectivity index (χ2v) is 4.98. The maximum atomic E-state index is 13.7. The molecule has 0 aromatic heterocycles. The smallest absolute Gasteiger partial charge is 0.227 e. The zero-order valence-electron chi connectivity index (χ0n) is 11.7. The van der Waals surface area contributed by atoms with Gasteiger partial charge in [-0.2, -0.15) is 0 Å². The van der Waals surface area contributed by atoms with E-state index in [1.807, 2.05) is 0 Å². The summed E-state index contributed by atoms with van der Waals surface area (Å²) >= 11 is 0. The summed E-state index contributed by atoms with van der Waals surface area (Å²) in [6, 6.07) is 0. The minimum Gasteiger partial charge on any atom is -0.374 e. The zero-order chi connectivity index (χ0) is 15.2. The van der Waals surface area contributed by atoms with E-state index in [-0.39, 0.29) is 31.8 Å². The number of carbonyl (C=O) groups is 2. The number of hydrogen-bond donors (Lipinski definition) is 1. The summed E-state index contributed by atoms with van der Waals surface area (Å²) in [5.41, 5.74) is -0.964. The quantitative estimate of drug-likeness (QED) is 0.730. The van der Waals surface area contributed by atoms with E-state index in [2.05, 4.69) is 5.32 Å². The fourth-order valence-corrected chi connectivity index (χ4v) is 1.73. The van der Waals surface area contributed by atoms with Crippen molar-refractivity contribution in [2.24, 2.45) is 5.41 Å². The summed E-state index contributed by atoms with van der Waals surface area (Å²) in [5.74, 6) is -2.05. The summed E-state index contributed by atoms with van der Waals surface area (Å²) in [7, 11) is 0. The molecule has 20 heavy (non-hydrogen) atoms. The Balaban J connectivity index is 2.41. The van der Waals surface area contributed by atoms with Gasteiger partial charge in [0, 0.05) is 24.6 Å². The molecule has 112 valence electrons. The van der Waals surface area contributed by atoms with E-state index in [0.717, 1.165) is 6.08 Å². The molecule has 0 bridgehead atoms. The van der Waals surface area contributed by atoms with Crippen LogP contribution in [0.3, 0.4) is 0 Å². The summed E-state index contributed by atoms with van der Waals surface area (Å²) in [5, 5.41) is 2.50. The van der Waals surface area contributed by atoms with Crippen molar-refractivity contribution < 1.29 is 23.1 Å². The molecule has 1 unspecified atom stereocenters. The van der Waals surface area contributed by atoms with Gasteiger partial charge in [-0.1, -0.05) is 6.92 Å². The Kier molecular flexibility index (Phi) is 6.01. The topological polar surface area (TPSA) is 55.4 Å². The molecule has 0 heterocycles. The number of hydrogen-bond acceptors (Lipinski definition) is 3. The van der Waals surface area contributed by atoms with Crippen LogP contribution in [0, 0.1) is 5.41 Å². The van der Waals surface area contributed by atoms with Crippen LogP contribution in [0.5, 0.6) is 0 Å². The maximum Gasteiger partial charge on any atom is 0.227 e. The number of ketones is 1. The van der Waals surface area contributed by atoms with Gasteiger partial charge < -0.3 is 10.1 Å². The highest BCUT2D eigenvalue weighted by atomic mass is 19.1. The van der Waals surface area contributed by atoms with Crippen LogP contribution < -0.4 is 5.32 Å². The lowest BCUT2D eigenvalue weighted by molar-refractivity contribution is -0.130. The zero-order valence-corrected chi connectivity index (χ0v) is 11.7. The predicted molar refractivity (Wildman–Crippen MR) is 70.2 cm³/mol. The first-order valence-corrected chi connectivity index (χ1v) is 6.47. The molecule has 0 saturated carbocycles. The molecule has 0 aromatic carbocycles. The third-order valence-corrected chi connectivity index (χ3v) is 3.09. The number of nitrogens with one attached hydrogen (secondary N) is 1. The van der Waals surface area contributed by atoms with Gasteiger partial charge in [0.2, 0.25) is 5.91 Å². The fraction of sp³-hybridized carbons (Fsp3) is 0.571. The maximum absolute atomic E-state index is 13.7. The first-order valence-electron chi connectivity index (χ1n) is 6.47. The second kappa shape index (κ2) is 7.28. The number of ether oxygens (including phenoxy) is 1. The Morgan fingerprint density at radius 3 is 2.75 bits per heavy atom. The van der Waals surface area contributed by atoms with Crippen molar-refractivity contribution in [3.8, 4) is 0 Å². The Hall–Kier alpha value is -1.56. The molecule has 0 saturated heterocycles. The molecule has 1 aliphatic carbocycles. The van der Waals surface area contributed by atoms with Crippen LogP contribution in [0.25, 0.3) is 0 Å². The Morgan fingerprint density at radius 2 is 2.15 bits per heavy atom. The molecule has 4 nitrogen and oxygen atoms in total. The molecule has 0 radical (unpaired) electrons. The number of carbonyl (C=O) groups excluding carboxylic acids is 2. The highest BCUT2D eigenvalue weighted by molar-refractivity contribution is 5.98. The Morgan fingerprint density at radius 1 is 1.45 bits per heavy atom. The third-order valence-electron chi connectivity index (χ3n) is 3.09. The molecule has 0 spiro atoms. The van der Waals surface area contributed by atoms with E-state index >= 15 is 0 Å². The fourth-order valence-electron chi connectivity index (χ4n) is 1.73. The van der Waals surface area contributed by atoms with Gasteiger partial charge in [-0.25, -0.2) is 8.78 Å². The van der Waals surface area contributed by atoms with Crippen LogP contribution in [-0.4, -0.2) is 31.4 Å². The van der Waals surface area contributed by atoms with Gasteiger partial charge in [0.25, 0.3) is 0 Å². The van der Waals surface area contributed by atoms with Gasteiger partial charge in [-0.05, 0) is 19.4 Å². The Labute approximate surface area is 116 Å². The van der Waals surface area contributed by atoms with Crippen LogP contribution in [0.1, 0.15) is 26.7 Å². The van der Waals surface area contributed by atoms with E-state index in [1.54, 1.807) is 13.8 Å². The molecular formula is C14H19F2NO3. The molecule has 6 heteroatoms. The van der Waals surface area contributed by atoms with Crippen LogP contribution in [0.4, 0.5) is 8.78 Å². The minimum absolute atomic E-state index is 0.0138. The van der Waals surface area contributed by atoms with Crippen LogP contribution in [0.2, 0.25) is 0 Å². The molecule has 1 rings (SSSR count). The SMILES string of the molecule is CCOCC(=O)CC(=O)NCC1(C)CC=C(F)C=C1F. The average molecular weight is 287 g/mol. The lowest BCUT2D eigenvalue weighted by atomic mass is 9.82. The van der Waals surface area contributed by atoms with Crippen LogP contribution >= 0.6 is 0 Å². The normalized spacial score (nSPS) is 22.0. The minimum atomic E-state index is -0.964. The van der Waals surface area contributed by atoms with E-state index in [0.29, 0.717) is 6.61 Å². The number of amides is 1. The second-order valence-electron chi connectivity index (χ2n) is 4.98. The highest BCUT2D eigenvalue weighted by Crippen LogP contribution is 2.36. The number of allylic oxidation sites excluding steroid dienone is 3. The van der Waals surface area contributed by atoms with E-state index in [1.165, 1.54) is 6.08 Å². The van der Waals surface area contributed by atoms with Crippen molar-refractivity contribution in [2.45, 2.75) is 26.7 Å². The van der Waals surface area contributed by atoms with Crippen LogP contribution in [0.15, 0.2) is 23.8 Å². The van der Waals surface area contributed by atoms with Gasteiger partial charge in [-0.15, -0.1) is 0 Å². The van der Waals surface area contributed by atoms with Crippen molar-refractivity contribution in [2.75, 3.05) is 19.8 Å². The Bertz CT molecular complexity index is 446. The van der Waals surface area contributed by atoms with E-state index in [4.69, 9.17) is 4.74 Å². The average Bonchev–Trinajstić information content (AvgIpc) is 2.39. The molecule has 1 atom stereocenters. The summed E-state index contributed by atoms with van der Waals surface area (Å²) in [4.78, 5) is 22.9. The lowest BCUT2D eigenvalue weighted by Gasteiger charge is -2.29. The van der Waals surface area contributed by atoms with Gasteiger partial charge >= 0.3 is 0 Å². The lowest BCUT2D eigenvalue weighted by Crippen LogP contribution is -2.37. The monoisotopic (exact) mass is 287 g/mol. The highest BCUT2D eigenvalue weighted by Gasteiger charge is 2.32. The summed E-state index contributed by atoms with van der Waals surface area (Å²) in [6.45, 7) is 3.64. The van der Waals surface area contributed by atoms with Gasteiger partial charge in [-0.3, -0.25) is 9.59 Å². The summed E-state index contributed by atoms with van der Waals surface area (Å²) < 4.78 is 31.5. The predicted octanol–water partition coefficient (Wildman–Crippen LogP) is 2.22. The number of rotatable bonds is 7. The van der Waals surface area contributed by atoms with Gasteiger partial charge in [0.15, 0.2) is 5.78 Å². The molecule has 1 N–H and O–H groups in total. The van der Waals surface area contributed by atoms with E-state index < -0.39 is 23.0 Å². The van der Waals surface area contributed by atoms with Gasteiger partial charge in [0.05, 0.1) is 6.42 Å². The first-order chi connectivity index (χ1) is 9.37. The van der Waals surface area contributed by atoms with Crippen molar-refractivity contribution in [1.29, 1.82) is 0 Å². The molecule has 0 fully saturated rings. The molecular weight excluding hydrogens is 268 g/mol. The molecule has 1 aliphatic rings.